The van der Waals surface area contributed by atoms with Crippen molar-refractivity contribution in [2.45, 2.75) is 33.1 Å². The number of rotatable bonds is 6. The highest BCUT2D eigenvalue weighted by atomic mass is 32.1. The van der Waals surface area contributed by atoms with E-state index in [1.807, 2.05) is 19.9 Å². The minimum atomic E-state index is -0.988. The van der Waals surface area contributed by atoms with Gasteiger partial charge in [0.15, 0.2) is 18.3 Å². The predicted octanol–water partition coefficient (Wildman–Crippen LogP) is 3.42. The zero-order valence-corrected chi connectivity index (χ0v) is 14.7. The lowest BCUT2D eigenvalue weighted by molar-refractivity contribution is -0.122. The number of Topliss-reactive ketones (excluding diaryl/α,β-unsaturated/α-hetero) is 1. The number of ether oxygens (including phenoxy) is 1. The van der Waals surface area contributed by atoms with Gasteiger partial charge in [0, 0.05) is 16.0 Å². The molecule has 2 rings (SSSR count). The third-order valence-electron chi connectivity index (χ3n) is 3.22. The molecule has 120 valence electrons. The first-order chi connectivity index (χ1) is 11.0. The highest BCUT2D eigenvalue weighted by Crippen LogP contribution is 2.24. The number of esters is 1. The van der Waals surface area contributed by atoms with E-state index in [1.54, 1.807) is 18.4 Å². The molecular formula is C16H16N2O3S2. The molecule has 0 fully saturated rings. The average Bonchev–Trinajstić information content (AvgIpc) is 3.11. The van der Waals surface area contributed by atoms with Gasteiger partial charge in [-0.05, 0) is 31.9 Å². The van der Waals surface area contributed by atoms with Crippen LogP contribution in [0.1, 0.15) is 43.7 Å². The van der Waals surface area contributed by atoms with Crippen LogP contribution in [0, 0.1) is 25.2 Å². The second kappa shape index (κ2) is 7.49. The number of hydrogen-bond donors (Lipinski definition) is 0. The summed E-state index contributed by atoms with van der Waals surface area (Å²) in [6, 6.07) is 3.69. The minimum absolute atomic E-state index is 0.423. The van der Waals surface area contributed by atoms with Crippen molar-refractivity contribution >= 4 is 34.4 Å². The van der Waals surface area contributed by atoms with Crippen molar-refractivity contribution < 1.29 is 14.3 Å². The maximum absolute atomic E-state index is 12.1. The lowest BCUT2D eigenvalue weighted by Crippen LogP contribution is -2.19. The van der Waals surface area contributed by atoms with E-state index in [0.717, 1.165) is 22.6 Å². The van der Waals surface area contributed by atoms with Crippen LogP contribution < -0.4 is 0 Å². The smallest absolute Gasteiger partial charge is 0.348 e. The molecule has 0 spiro atoms. The molecule has 0 aliphatic rings. The van der Waals surface area contributed by atoms with Gasteiger partial charge in [0.2, 0.25) is 0 Å². The van der Waals surface area contributed by atoms with Crippen molar-refractivity contribution in [3.8, 4) is 6.07 Å². The van der Waals surface area contributed by atoms with Gasteiger partial charge in [-0.3, -0.25) is 4.79 Å². The first-order valence-corrected chi connectivity index (χ1v) is 8.76. The zero-order valence-electron chi connectivity index (χ0n) is 13.1. The SMILES string of the molecule is CCc1sc(C(=O)OCC(=O)C(C#N)c2nc(C)cs2)cc1C. The van der Waals surface area contributed by atoms with Gasteiger partial charge in [-0.15, -0.1) is 22.7 Å². The molecule has 0 amide bonds. The van der Waals surface area contributed by atoms with E-state index < -0.39 is 24.3 Å². The number of nitrogens with zero attached hydrogens (tertiary/aromatic N) is 2. The summed E-state index contributed by atoms with van der Waals surface area (Å²) in [7, 11) is 0. The second-order valence-electron chi connectivity index (χ2n) is 5.00. The zero-order chi connectivity index (χ0) is 17.0. The summed E-state index contributed by atoms with van der Waals surface area (Å²) in [6.07, 6.45) is 0.850. The fourth-order valence-corrected chi connectivity index (χ4v) is 3.90. The van der Waals surface area contributed by atoms with Crippen molar-refractivity contribution in [2.75, 3.05) is 6.61 Å². The van der Waals surface area contributed by atoms with Crippen LogP contribution in [-0.2, 0) is 16.0 Å². The summed E-state index contributed by atoms with van der Waals surface area (Å²) in [5.41, 5.74) is 1.81. The molecule has 1 unspecified atom stereocenters. The van der Waals surface area contributed by atoms with Gasteiger partial charge in [0.1, 0.15) is 9.88 Å². The van der Waals surface area contributed by atoms with Crippen LogP contribution in [-0.4, -0.2) is 23.3 Å². The van der Waals surface area contributed by atoms with Crippen LogP contribution >= 0.6 is 22.7 Å². The number of nitriles is 1. The molecule has 5 nitrogen and oxygen atoms in total. The second-order valence-corrected chi connectivity index (χ2v) is 7.03. The van der Waals surface area contributed by atoms with Crippen LogP contribution in [0.3, 0.4) is 0 Å². The lowest BCUT2D eigenvalue weighted by atomic mass is 10.1. The first-order valence-electron chi connectivity index (χ1n) is 7.07. The summed E-state index contributed by atoms with van der Waals surface area (Å²) >= 11 is 2.63. The number of aromatic nitrogens is 1. The van der Waals surface area contributed by atoms with Crippen LogP contribution in [0.5, 0.6) is 0 Å². The Labute approximate surface area is 142 Å². The van der Waals surface area contributed by atoms with Crippen LogP contribution in [0.2, 0.25) is 0 Å². The molecule has 2 heterocycles. The Bertz CT molecular complexity index is 771. The van der Waals surface area contributed by atoms with Crippen molar-refractivity contribution in [2.24, 2.45) is 0 Å². The third kappa shape index (κ3) is 4.03. The van der Waals surface area contributed by atoms with Crippen molar-refractivity contribution in [1.82, 2.24) is 4.98 Å². The number of hydrogen-bond acceptors (Lipinski definition) is 7. The molecule has 0 radical (unpaired) electrons. The normalized spacial score (nSPS) is 11.7. The van der Waals surface area contributed by atoms with E-state index in [4.69, 9.17) is 4.74 Å². The quantitative estimate of drug-likeness (QED) is 0.747. The molecule has 0 aromatic carbocycles. The minimum Gasteiger partial charge on any atom is -0.453 e. The molecule has 0 bridgehead atoms. The van der Waals surface area contributed by atoms with E-state index in [1.165, 1.54) is 22.7 Å². The summed E-state index contributed by atoms with van der Waals surface area (Å²) in [4.78, 5) is 29.9. The Kier molecular flexibility index (Phi) is 5.64. The summed E-state index contributed by atoms with van der Waals surface area (Å²) in [5.74, 6) is -1.98. The van der Waals surface area contributed by atoms with Gasteiger partial charge >= 0.3 is 5.97 Å². The van der Waals surface area contributed by atoms with Gasteiger partial charge in [0.25, 0.3) is 0 Å². The topological polar surface area (TPSA) is 80.0 Å². The maximum atomic E-state index is 12.1. The molecule has 0 aliphatic heterocycles. The Morgan fingerprint density at radius 1 is 1.43 bits per heavy atom. The molecular weight excluding hydrogens is 332 g/mol. The molecule has 0 saturated heterocycles. The van der Waals surface area contributed by atoms with Crippen LogP contribution in [0.25, 0.3) is 0 Å². The Hall–Kier alpha value is -2.04. The Morgan fingerprint density at radius 2 is 2.17 bits per heavy atom. The van der Waals surface area contributed by atoms with Crippen molar-refractivity contribution in [3.05, 3.63) is 37.5 Å². The van der Waals surface area contributed by atoms with E-state index in [2.05, 4.69) is 4.98 Å². The first kappa shape index (κ1) is 17.3. The summed E-state index contributed by atoms with van der Waals surface area (Å²) in [5, 5.41) is 11.4. The Morgan fingerprint density at radius 3 is 2.70 bits per heavy atom. The molecule has 1 atom stereocenters. The number of thiophene rings is 1. The molecule has 0 N–H and O–H groups in total. The molecule has 7 heteroatoms. The maximum Gasteiger partial charge on any atom is 0.348 e. The van der Waals surface area contributed by atoms with E-state index in [-0.39, 0.29) is 0 Å². The molecule has 2 aromatic heterocycles. The number of carbonyl (C=O) groups is 2. The average molecular weight is 348 g/mol. The molecule has 0 aliphatic carbocycles. The monoisotopic (exact) mass is 348 g/mol. The Balaban J connectivity index is 2.00. The van der Waals surface area contributed by atoms with Gasteiger partial charge in [-0.2, -0.15) is 5.26 Å². The fraction of sp³-hybridized carbons (Fsp3) is 0.375. The van der Waals surface area contributed by atoms with Gasteiger partial charge < -0.3 is 4.74 Å². The number of ketones is 1. The number of thiazole rings is 1. The van der Waals surface area contributed by atoms with E-state index in [0.29, 0.717) is 9.88 Å². The highest BCUT2D eigenvalue weighted by molar-refractivity contribution is 7.14. The van der Waals surface area contributed by atoms with E-state index >= 15 is 0 Å². The molecule has 2 aromatic rings. The predicted molar refractivity (Wildman–Crippen MR) is 88.9 cm³/mol. The van der Waals surface area contributed by atoms with Gasteiger partial charge in [-0.25, -0.2) is 9.78 Å². The van der Waals surface area contributed by atoms with Gasteiger partial charge in [0.05, 0.1) is 6.07 Å². The summed E-state index contributed by atoms with van der Waals surface area (Å²) < 4.78 is 5.06. The fourth-order valence-electron chi connectivity index (χ4n) is 2.03. The molecule has 0 saturated carbocycles. The van der Waals surface area contributed by atoms with Crippen molar-refractivity contribution in [3.63, 3.8) is 0 Å². The lowest BCUT2D eigenvalue weighted by Gasteiger charge is -2.05. The number of aryl methyl sites for hydroxylation is 3. The standard InChI is InChI=1S/C16H16N2O3S2/c1-4-13-9(2)5-14(23-13)16(20)21-7-12(19)11(6-17)15-18-10(3)8-22-15/h5,8,11H,4,7H2,1-3H3. The third-order valence-corrected chi connectivity index (χ3v) is 5.61. The van der Waals surface area contributed by atoms with Crippen molar-refractivity contribution in [1.29, 1.82) is 5.26 Å². The van der Waals surface area contributed by atoms with E-state index in [9.17, 15) is 14.9 Å². The highest BCUT2D eigenvalue weighted by Gasteiger charge is 2.25. The summed E-state index contributed by atoms with van der Waals surface area (Å²) in [6.45, 7) is 5.33. The molecule has 23 heavy (non-hydrogen) atoms. The largest absolute Gasteiger partial charge is 0.453 e. The number of carbonyl (C=O) groups excluding carboxylic acids is 2. The van der Waals surface area contributed by atoms with Gasteiger partial charge in [-0.1, -0.05) is 6.92 Å². The van der Waals surface area contributed by atoms with Crippen LogP contribution in [0.4, 0.5) is 0 Å². The van der Waals surface area contributed by atoms with Crippen LogP contribution in [0.15, 0.2) is 11.4 Å².